The molecule has 0 saturated heterocycles. The average Bonchev–Trinajstić information content (AvgIpc) is 1.36. The van der Waals surface area contributed by atoms with Crippen molar-refractivity contribution in [1.82, 2.24) is 10.2 Å². The molecule has 0 rings (SSSR count). The summed E-state index contributed by atoms with van der Waals surface area (Å²) in [5, 5.41) is 10.9. The van der Waals surface area contributed by atoms with Crippen LogP contribution in [0, 0.1) is 0 Å². The topological polar surface area (TPSA) is 26.7 Å². The van der Waals surface area contributed by atoms with Gasteiger partial charge >= 0.3 is 0 Å². The van der Waals surface area contributed by atoms with Crippen molar-refractivity contribution in [3.05, 3.63) is 0 Å². The van der Waals surface area contributed by atoms with Crippen LogP contribution in [0.4, 0.5) is 0 Å². The Morgan fingerprint density at radius 1 is 1.17 bits per heavy atom. The van der Waals surface area contributed by atoms with Crippen LogP contribution in [0.3, 0.4) is 0 Å². The van der Waals surface area contributed by atoms with Gasteiger partial charge in [0.1, 0.15) is 0 Å². The van der Waals surface area contributed by atoms with E-state index in [0.717, 1.165) is 5.17 Å². The Morgan fingerprint density at radius 2 is 1.33 bits per heavy atom. The van der Waals surface area contributed by atoms with Crippen LogP contribution >= 0.6 is 0 Å². The van der Waals surface area contributed by atoms with Gasteiger partial charge in [-0.05, 0) is 0 Å². The van der Waals surface area contributed by atoms with Crippen molar-refractivity contribution in [3.63, 3.8) is 0 Å². The monoisotopic (exact) mass is 90.1 g/mol. The fourth-order valence-electron chi connectivity index (χ4n) is 0. The molecule has 0 amide bonds. The summed E-state index contributed by atoms with van der Waals surface area (Å²) in [5.74, 6) is 0. The van der Waals surface area contributed by atoms with E-state index < -0.39 is 0 Å². The van der Waals surface area contributed by atoms with Crippen LogP contribution in [0.5, 0.6) is 0 Å². The predicted molar refractivity (Wildman–Crippen MR) is 23.2 cm³/mol. The molecule has 6 heavy (non-hydrogen) atoms. The highest BCUT2D eigenvalue weighted by Gasteiger charge is 1.87. The summed E-state index contributed by atoms with van der Waals surface area (Å²) in [4.78, 5) is 0. The lowest BCUT2D eigenvalue weighted by atomic mass is 11.1. The van der Waals surface area contributed by atoms with Gasteiger partial charge in [-0.1, -0.05) is 0 Å². The van der Waals surface area contributed by atoms with Crippen molar-refractivity contribution >= 4 is 0 Å². The molecule has 0 spiro atoms. The van der Waals surface area contributed by atoms with Gasteiger partial charge in [0.2, 0.25) is 0 Å². The molecular weight excluding hydrogens is 80.0 g/mol. The Balaban J connectivity index is 2.99. The first kappa shape index (κ1) is 5.88. The second kappa shape index (κ2) is 2.12. The van der Waals surface area contributed by atoms with Crippen molar-refractivity contribution in [2.45, 2.75) is 0 Å². The minimum atomic E-state index is 1.00. The summed E-state index contributed by atoms with van der Waals surface area (Å²) in [7, 11) is 5.06. The Bertz CT molecular complexity index is 29.8. The van der Waals surface area contributed by atoms with E-state index in [9.17, 15) is 0 Å². The number of hydrazine groups is 1. The van der Waals surface area contributed by atoms with Crippen LogP contribution < -0.4 is 0 Å². The number of rotatable bonds is 1. The Labute approximate surface area is 37.7 Å². The van der Waals surface area contributed by atoms with Crippen LogP contribution in [-0.4, -0.2) is 36.5 Å². The van der Waals surface area contributed by atoms with Gasteiger partial charge in [0.15, 0.2) is 0 Å². The van der Waals surface area contributed by atoms with Crippen LogP contribution in [0.2, 0.25) is 0 Å². The molecule has 0 aliphatic carbocycles. The van der Waals surface area contributed by atoms with Gasteiger partial charge in [-0.15, -0.1) is 5.17 Å². The molecule has 0 aliphatic rings. The lowest BCUT2D eigenvalue weighted by Crippen LogP contribution is -2.29. The van der Waals surface area contributed by atoms with E-state index in [1.54, 1.807) is 26.2 Å². The second-order valence-electron chi connectivity index (χ2n) is 1.34. The van der Waals surface area contributed by atoms with Gasteiger partial charge < -0.3 is 0 Å². The zero-order valence-electron chi connectivity index (χ0n) is 4.34. The van der Waals surface area contributed by atoms with Crippen LogP contribution in [0.25, 0.3) is 0 Å². The highest BCUT2D eigenvalue weighted by molar-refractivity contribution is 4.12. The van der Waals surface area contributed by atoms with Crippen molar-refractivity contribution in [2.24, 2.45) is 0 Å². The fraction of sp³-hybridized carbons (Fsp3) is 1.00. The molecule has 0 aromatic heterocycles. The van der Waals surface area contributed by atoms with Crippen molar-refractivity contribution < 1.29 is 5.21 Å². The number of nitrogens with zero attached hydrogens (tertiary/aromatic N) is 2. The maximum atomic E-state index is 8.39. The highest BCUT2D eigenvalue weighted by Crippen LogP contribution is 1.72. The molecular formula is C3H10N2O. The SMILES string of the molecule is CN(C)N(C)O. The average molecular weight is 90.1 g/mol. The molecule has 3 heteroatoms. The summed E-state index contributed by atoms with van der Waals surface area (Å²) in [6.07, 6.45) is 0. The standard InChI is InChI=1S/C3H10N2O/c1-4(2)5(3)6/h6H,1-3H3. The van der Waals surface area contributed by atoms with E-state index in [2.05, 4.69) is 0 Å². The quantitative estimate of drug-likeness (QED) is 0.451. The minimum Gasteiger partial charge on any atom is -0.299 e. The van der Waals surface area contributed by atoms with Gasteiger partial charge in [-0.3, -0.25) is 5.21 Å². The van der Waals surface area contributed by atoms with Gasteiger partial charge in [0.05, 0.1) is 0 Å². The molecule has 0 atom stereocenters. The van der Waals surface area contributed by atoms with E-state index in [0.29, 0.717) is 0 Å². The molecule has 1 N–H and O–H groups in total. The smallest absolute Gasteiger partial charge is 0.0287 e. The van der Waals surface area contributed by atoms with E-state index >= 15 is 0 Å². The molecule has 0 saturated carbocycles. The van der Waals surface area contributed by atoms with E-state index in [1.807, 2.05) is 0 Å². The summed E-state index contributed by atoms with van der Waals surface area (Å²) < 4.78 is 0. The van der Waals surface area contributed by atoms with Crippen molar-refractivity contribution in [1.29, 1.82) is 0 Å². The maximum absolute atomic E-state index is 8.39. The number of hydroxylamine groups is 1. The molecule has 0 heterocycles. The zero-order valence-corrected chi connectivity index (χ0v) is 4.34. The molecule has 0 radical (unpaired) electrons. The van der Waals surface area contributed by atoms with Crippen LogP contribution in [0.15, 0.2) is 0 Å². The summed E-state index contributed by atoms with van der Waals surface area (Å²) in [6.45, 7) is 0. The first-order valence-electron chi connectivity index (χ1n) is 1.74. The predicted octanol–water partition coefficient (Wildman–Crippen LogP) is -0.216. The second-order valence-corrected chi connectivity index (χ2v) is 1.34. The molecule has 0 aromatic carbocycles. The fourth-order valence-corrected chi connectivity index (χ4v) is 0. The number of hydrogen-bond acceptors (Lipinski definition) is 3. The lowest BCUT2D eigenvalue weighted by molar-refractivity contribution is -0.203. The van der Waals surface area contributed by atoms with Gasteiger partial charge in [0.25, 0.3) is 0 Å². The molecule has 0 fully saturated rings. The summed E-state index contributed by atoms with van der Waals surface area (Å²) in [5.41, 5.74) is 0. The van der Waals surface area contributed by atoms with E-state index in [4.69, 9.17) is 5.21 Å². The Hall–Kier alpha value is -0.120. The highest BCUT2D eigenvalue weighted by atomic mass is 16.5. The minimum absolute atomic E-state index is 1.00. The zero-order chi connectivity index (χ0) is 5.15. The first-order chi connectivity index (χ1) is 2.64. The van der Waals surface area contributed by atoms with E-state index in [1.165, 1.54) is 0 Å². The third kappa shape index (κ3) is 2.14. The van der Waals surface area contributed by atoms with E-state index in [-0.39, 0.29) is 0 Å². The maximum Gasteiger partial charge on any atom is 0.0287 e. The molecule has 3 nitrogen and oxygen atoms in total. The largest absolute Gasteiger partial charge is 0.299 e. The third-order valence-electron chi connectivity index (χ3n) is 0.579. The normalized spacial score (nSPS) is 11.0. The summed E-state index contributed by atoms with van der Waals surface area (Å²) in [6, 6.07) is 0. The summed E-state index contributed by atoms with van der Waals surface area (Å²) >= 11 is 0. The van der Waals surface area contributed by atoms with Gasteiger partial charge in [-0.2, -0.15) is 0 Å². The van der Waals surface area contributed by atoms with Crippen molar-refractivity contribution in [3.8, 4) is 0 Å². The molecule has 0 aliphatic heterocycles. The Kier molecular flexibility index (Phi) is 2.08. The lowest BCUT2D eigenvalue weighted by Gasteiger charge is -2.14. The molecule has 0 unspecified atom stereocenters. The molecule has 0 aromatic rings. The van der Waals surface area contributed by atoms with Crippen molar-refractivity contribution in [2.75, 3.05) is 21.1 Å². The molecule has 0 bridgehead atoms. The van der Waals surface area contributed by atoms with Gasteiger partial charge in [-0.25, -0.2) is 5.01 Å². The van der Waals surface area contributed by atoms with Gasteiger partial charge in [0, 0.05) is 21.1 Å². The first-order valence-corrected chi connectivity index (χ1v) is 1.74. The van der Waals surface area contributed by atoms with Crippen LogP contribution in [0.1, 0.15) is 0 Å². The third-order valence-corrected chi connectivity index (χ3v) is 0.579. The molecule has 38 valence electrons. The number of hydrogen-bond donors (Lipinski definition) is 1. The van der Waals surface area contributed by atoms with Crippen LogP contribution in [-0.2, 0) is 0 Å². The Morgan fingerprint density at radius 3 is 1.33 bits per heavy atom.